The number of benzene rings is 7. The van der Waals surface area contributed by atoms with Crippen molar-refractivity contribution < 1.29 is 0 Å². The van der Waals surface area contributed by atoms with E-state index in [1.807, 2.05) is 11.3 Å². The number of aromatic nitrogens is 1. The third-order valence-electron chi connectivity index (χ3n) is 9.41. The van der Waals surface area contributed by atoms with E-state index in [2.05, 4.69) is 162 Å². The molecule has 0 radical (unpaired) electrons. The first-order valence-corrected chi connectivity index (χ1v) is 16.5. The fraction of sp³-hybridized carbons (Fsp3) is 0.0238. The predicted octanol–water partition coefficient (Wildman–Crippen LogP) is 11.1. The molecule has 3 heterocycles. The third-order valence-corrected chi connectivity index (χ3v) is 10.7. The van der Waals surface area contributed by atoms with Gasteiger partial charge in [0.15, 0.2) is 0 Å². The van der Waals surface area contributed by atoms with Crippen molar-refractivity contribution >= 4 is 86.3 Å². The first-order valence-electron chi connectivity index (χ1n) is 15.7. The van der Waals surface area contributed by atoms with Crippen LogP contribution < -0.4 is 5.32 Å². The number of hydrogen-bond donors (Lipinski definition) is 1. The maximum Gasteiger partial charge on any atom is 0.145 e. The van der Waals surface area contributed by atoms with Crippen LogP contribution in [0.2, 0.25) is 0 Å². The molecule has 0 saturated carbocycles. The maximum absolute atomic E-state index is 5.43. The topological polar surface area (TPSA) is 29.3 Å². The average molecular weight is 606 g/mol. The number of aliphatic imine (C=N–C) groups is 1. The van der Waals surface area contributed by atoms with Crippen LogP contribution in [0.15, 0.2) is 157 Å². The summed E-state index contributed by atoms with van der Waals surface area (Å²) in [6, 6.07) is 52.3. The van der Waals surface area contributed by atoms with E-state index in [0.29, 0.717) is 0 Å². The van der Waals surface area contributed by atoms with Crippen LogP contribution in [0.25, 0.3) is 69.2 Å². The lowest BCUT2D eigenvalue weighted by atomic mass is 9.98. The Morgan fingerprint density at radius 2 is 1.22 bits per heavy atom. The molecular weight excluding hydrogens is 579 g/mol. The minimum Gasteiger partial charge on any atom is -0.364 e. The lowest BCUT2D eigenvalue weighted by Crippen LogP contribution is -2.25. The van der Waals surface area contributed by atoms with Gasteiger partial charge in [-0.25, -0.2) is 0 Å². The number of fused-ring (bicyclic) bond motifs is 12. The van der Waals surface area contributed by atoms with Crippen LogP contribution in [-0.4, -0.2) is 10.3 Å². The van der Waals surface area contributed by atoms with Crippen molar-refractivity contribution in [2.24, 2.45) is 4.99 Å². The van der Waals surface area contributed by atoms with Crippen LogP contribution >= 0.6 is 11.3 Å². The minimum absolute atomic E-state index is 0.178. The molecule has 7 aromatic carbocycles. The van der Waals surface area contributed by atoms with Gasteiger partial charge < -0.3 is 9.88 Å². The van der Waals surface area contributed by atoms with Crippen LogP contribution in [0.5, 0.6) is 0 Å². The highest BCUT2D eigenvalue weighted by molar-refractivity contribution is 7.27. The van der Waals surface area contributed by atoms with Gasteiger partial charge in [0.05, 0.1) is 22.4 Å². The quantitative estimate of drug-likeness (QED) is 0.213. The zero-order chi connectivity index (χ0) is 30.2. The number of nitrogens with one attached hydrogen (secondary N) is 1. The van der Waals surface area contributed by atoms with Crippen LogP contribution in [0.1, 0.15) is 17.3 Å². The van der Waals surface area contributed by atoms with Crippen LogP contribution in [0.3, 0.4) is 0 Å². The highest BCUT2D eigenvalue weighted by Gasteiger charge is 2.27. The molecular formula is C42H27N3S. The molecule has 0 bridgehead atoms. The summed E-state index contributed by atoms with van der Waals surface area (Å²) in [7, 11) is 0. The molecule has 216 valence electrons. The standard InChI is InChI=1S/C42H27N3S/c1-3-14-27(15-4-1)38-35(25-43-42(44-38)28-16-5-2-6-17-28)45-34-22-12-11-21-32(34)36-30-19-9-10-20-31(30)41-37(39(36)45)33-24-23-26-13-7-8-18-29(26)40(33)46-41/h1-25,42-43H. The predicted molar refractivity (Wildman–Crippen MR) is 197 cm³/mol. The van der Waals surface area contributed by atoms with Gasteiger partial charge in [-0.15, -0.1) is 11.3 Å². The van der Waals surface area contributed by atoms with Gasteiger partial charge in [0.2, 0.25) is 0 Å². The Hall–Kier alpha value is -5.71. The van der Waals surface area contributed by atoms with Crippen molar-refractivity contribution in [2.75, 3.05) is 0 Å². The largest absolute Gasteiger partial charge is 0.364 e. The van der Waals surface area contributed by atoms with Crippen molar-refractivity contribution in [3.63, 3.8) is 0 Å². The Balaban J connectivity index is 1.38. The van der Waals surface area contributed by atoms with Gasteiger partial charge in [-0.05, 0) is 27.8 Å². The van der Waals surface area contributed by atoms with Gasteiger partial charge in [0, 0.05) is 48.1 Å². The Morgan fingerprint density at radius 1 is 0.543 bits per heavy atom. The lowest BCUT2D eigenvalue weighted by Gasteiger charge is -2.25. The monoisotopic (exact) mass is 605 g/mol. The van der Waals surface area contributed by atoms with Crippen LogP contribution in [0.4, 0.5) is 0 Å². The highest BCUT2D eigenvalue weighted by Crippen LogP contribution is 2.49. The van der Waals surface area contributed by atoms with E-state index >= 15 is 0 Å². The molecule has 1 N–H and O–H groups in total. The second-order valence-electron chi connectivity index (χ2n) is 11.9. The number of hydrogen-bond acceptors (Lipinski definition) is 3. The Labute approximate surface area is 269 Å². The van der Waals surface area contributed by atoms with Gasteiger partial charge in [0.25, 0.3) is 0 Å². The minimum atomic E-state index is -0.178. The summed E-state index contributed by atoms with van der Waals surface area (Å²) >= 11 is 1.92. The second kappa shape index (κ2) is 9.90. The molecule has 4 heteroatoms. The molecule has 1 aliphatic rings. The first-order chi connectivity index (χ1) is 22.8. The summed E-state index contributed by atoms with van der Waals surface area (Å²) in [6.45, 7) is 0. The molecule has 9 aromatic rings. The lowest BCUT2D eigenvalue weighted by molar-refractivity contribution is 0.649. The van der Waals surface area contributed by atoms with Crippen molar-refractivity contribution in [1.82, 2.24) is 9.88 Å². The number of nitrogens with zero attached hydrogens (tertiary/aromatic N) is 2. The van der Waals surface area contributed by atoms with Gasteiger partial charge in [-0.3, -0.25) is 4.99 Å². The Bertz CT molecular complexity index is 2710. The first kappa shape index (κ1) is 25.6. The van der Waals surface area contributed by atoms with Crippen LogP contribution in [-0.2, 0) is 0 Å². The van der Waals surface area contributed by atoms with E-state index in [9.17, 15) is 0 Å². The zero-order valence-corrected chi connectivity index (χ0v) is 25.6. The van der Waals surface area contributed by atoms with Crippen molar-refractivity contribution in [2.45, 2.75) is 6.17 Å². The summed E-state index contributed by atoms with van der Waals surface area (Å²) in [5, 5.41) is 14.0. The van der Waals surface area contributed by atoms with Crippen molar-refractivity contribution in [1.29, 1.82) is 0 Å². The Morgan fingerprint density at radius 3 is 2.04 bits per heavy atom. The van der Waals surface area contributed by atoms with E-state index in [-0.39, 0.29) is 6.17 Å². The van der Waals surface area contributed by atoms with Gasteiger partial charge >= 0.3 is 0 Å². The molecule has 0 spiro atoms. The van der Waals surface area contributed by atoms with Crippen LogP contribution in [0, 0.1) is 0 Å². The molecule has 1 atom stereocenters. The molecule has 46 heavy (non-hydrogen) atoms. The summed E-state index contributed by atoms with van der Waals surface area (Å²) in [5.41, 5.74) is 6.65. The highest BCUT2D eigenvalue weighted by atomic mass is 32.1. The Kier molecular flexibility index (Phi) is 5.51. The molecule has 0 amide bonds. The fourth-order valence-electron chi connectivity index (χ4n) is 7.40. The maximum atomic E-state index is 5.43. The molecule has 10 rings (SSSR count). The molecule has 1 unspecified atom stereocenters. The molecule has 0 aliphatic carbocycles. The van der Waals surface area contributed by atoms with E-state index in [4.69, 9.17) is 4.99 Å². The molecule has 0 fully saturated rings. The van der Waals surface area contributed by atoms with Crippen molar-refractivity contribution in [3.8, 4) is 0 Å². The SMILES string of the molecule is C1=C(n2c3ccccc3c3c4ccccc4c4sc5c6ccccc6ccc5c4c32)C(c2ccccc2)=NC(c2ccccc2)N1. The summed E-state index contributed by atoms with van der Waals surface area (Å²) in [6.07, 6.45) is 2.01. The van der Waals surface area contributed by atoms with Crippen molar-refractivity contribution in [3.05, 3.63) is 163 Å². The van der Waals surface area contributed by atoms with E-state index < -0.39 is 0 Å². The molecule has 2 aromatic heterocycles. The number of thiophene rings is 1. The van der Waals surface area contributed by atoms with E-state index in [1.54, 1.807) is 0 Å². The number of para-hydroxylation sites is 1. The van der Waals surface area contributed by atoms with Gasteiger partial charge in [-0.2, -0.15) is 0 Å². The summed E-state index contributed by atoms with van der Waals surface area (Å²) < 4.78 is 5.13. The molecule has 0 saturated heterocycles. The zero-order valence-electron chi connectivity index (χ0n) is 24.8. The smallest absolute Gasteiger partial charge is 0.145 e. The summed E-state index contributed by atoms with van der Waals surface area (Å²) in [4.78, 5) is 5.43. The van der Waals surface area contributed by atoms with Gasteiger partial charge in [-0.1, -0.05) is 140 Å². The second-order valence-corrected chi connectivity index (χ2v) is 13.0. The van der Waals surface area contributed by atoms with E-state index in [1.165, 1.54) is 63.5 Å². The number of allylic oxidation sites excluding steroid dienone is 1. The third kappa shape index (κ3) is 3.62. The number of rotatable bonds is 3. The molecule has 3 nitrogen and oxygen atoms in total. The van der Waals surface area contributed by atoms with E-state index in [0.717, 1.165) is 22.5 Å². The van der Waals surface area contributed by atoms with Gasteiger partial charge in [0.1, 0.15) is 6.17 Å². The molecule has 1 aliphatic heterocycles. The summed E-state index contributed by atoms with van der Waals surface area (Å²) in [5.74, 6) is 0. The normalized spacial score (nSPS) is 15.2. The fourth-order valence-corrected chi connectivity index (χ4v) is 8.78. The average Bonchev–Trinajstić information content (AvgIpc) is 3.69.